The summed E-state index contributed by atoms with van der Waals surface area (Å²) < 4.78 is 10.0. The maximum absolute atomic E-state index is 12.7. The number of hydrogen-bond acceptors (Lipinski definition) is 7. The number of anilines is 1. The highest BCUT2D eigenvalue weighted by molar-refractivity contribution is 5.87. The van der Waals surface area contributed by atoms with Crippen LogP contribution in [0.3, 0.4) is 0 Å². The number of aromatic nitrogens is 5. The summed E-state index contributed by atoms with van der Waals surface area (Å²) in [5, 5.41) is 4.99. The number of hydrogen-bond donors (Lipinski definition) is 0. The van der Waals surface area contributed by atoms with E-state index in [0.29, 0.717) is 6.04 Å². The van der Waals surface area contributed by atoms with Gasteiger partial charge in [0.1, 0.15) is 11.0 Å². The standard InChI is InChI=1S/C29H37N7O2/c1-5-22-18-34(19(2)17-35(22)20(3)21-9-10-23-25(16-21)31-14-13-30-23)29-28-24(11-12-26(37)33(28)4)32-36(29)27-8-6-7-15-38-27/h9-14,16,19-20,22,27H,5-8,15,17-18H2,1-4H3/t19-,20?,22+,27?/m0/s1. The number of nitrogens with zero attached hydrogens (tertiary/aromatic N) is 7. The normalized spacial score (nSPS) is 23.8. The number of benzene rings is 1. The van der Waals surface area contributed by atoms with Crippen molar-refractivity contribution < 1.29 is 4.74 Å². The van der Waals surface area contributed by atoms with Gasteiger partial charge in [-0.2, -0.15) is 5.10 Å². The Morgan fingerprint density at radius 3 is 2.61 bits per heavy atom. The Morgan fingerprint density at radius 1 is 1.05 bits per heavy atom. The van der Waals surface area contributed by atoms with E-state index in [4.69, 9.17) is 9.84 Å². The summed E-state index contributed by atoms with van der Waals surface area (Å²) in [5.41, 5.74) is 4.82. The van der Waals surface area contributed by atoms with E-state index in [1.54, 1.807) is 23.0 Å². The lowest BCUT2D eigenvalue weighted by molar-refractivity contribution is -0.0386. The quantitative estimate of drug-likeness (QED) is 0.389. The summed E-state index contributed by atoms with van der Waals surface area (Å²) in [5.74, 6) is 1.01. The van der Waals surface area contributed by atoms with Crippen LogP contribution in [0.5, 0.6) is 0 Å². The van der Waals surface area contributed by atoms with Gasteiger partial charge in [-0.3, -0.25) is 19.7 Å². The van der Waals surface area contributed by atoms with E-state index in [1.165, 1.54) is 5.56 Å². The molecule has 2 unspecified atom stereocenters. The number of piperazine rings is 1. The summed E-state index contributed by atoms with van der Waals surface area (Å²) in [4.78, 5) is 26.8. The SMILES string of the molecule is CC[C@@H]1CN(c2c3c(ccc(=O)n3C)nn2C2CCCCO2)[C@@H](C)CN1C(C)c1ccc2nccnc2c1. The second-order valence-electron chi connectivity index (χ2n) is 10.8. The van der Waals surface area contributed by atoms with Crippen molar-refractivity contribution in [3.63, 3.8) is 0 Å². The van der Waals surface area contributed by atoms with Gasteiger partial charge in [0.15, 0.2) is 12.0 Å². The van der Waals surface area contributed by atoms with Gasteiger partial charge in [0.25, 0.3) is 5.56 Å². The highest BCUT2D eigenvalue weighted by Gasteiger charge is 2.37. The number of aryl methyl sites for hydroxylation is 1. The van der Waals surface area contributed by atoms with Crippen LogP contribution in [-0.4, -0.2) is 61.0 Å². The van der Waals surface area contributed by atoms with Gasteiger partial charge in [0.05, 0.1) is 11.0 Å². The van der Waals surface area contributed by atoms with Crippen LogP contribution in [0.25, 0.3) is 22.1 Å². The van der Waals surface area contributed by atoms with Crippen LogP contribution in [0.4, 0.5) is 5.82 Å². The van der Waals surface area contributed by atoms with Crippen molar-refractivity contribution >= 4 is 27.9 Å². The average Bonchev–Trinajstić information content (AvgIpc) is 3.35. The van der Waals surface area contributed by atoms with Crippen LogP contribution in [0.1, 0.15) is 64.3 Å². The minimum absolute atomic E-state index is 0.0192. The van der Waals surface area contributed by atoms with E-state index in [9.17, 15) is 4.79 Å². The molecule has 0 radical (unpaired) electrons. The molecular formula is C29H37N7O2. The summed E-state index contributed by atoms with van der Waals surface area (Å²) in [7, 11) is 1.85. The van der Waals surface area contributed by atoms with Gasteiger partial charge in [0.2, 0.25) is 0 Å². The van der Waals surface area contributed by atoms with Crippen molar-refractivity contribution in [1.82, 2.24) is 29.2 Å². The Kier molecular flexibility index (Phi) is 6.65. The third-order valence-electron chi connectivity index (χ3n) is 8.47. The van der Waals surface area contributed by atoms with E-state index >= 15 is 0 Å². The first-order chi connectivity index (χ1) is 18.5. The minimum atomic E-state index is -0.107. The molecule has 5 heterocycles. The molecule has 0 bridgehead atoms. The lowest BCUT2D eigenvalue weighted by atomic mass is 9.98. The number of fused-ring (bicyclic) bond motifs is 2. The zero-order chi connectivity index (χ0) is 26.4. The Labute approximate surface area is 223 Å². The topological polar surface area (TPSA) is 81.3 Å². The van der Waals surface area contributed by atoms with Gasteiger partial charge < -0.3 is 14.2 Å². The van der Waals surface area contributed by atoms with Crippen molar-refractivity contribution in [2.24, 2.45) is 7.05 Å². The Balaban J connectivity index is 1.37. The lowest BCUT2D eigenvalue weighted by Crippen LogP contribution is -2.58. The molecule has 4 atom stereocenters. The molecule has 2 fully saturated rings. The second-order valence-corrected chi connectivity index (χ2v) is 10.8. The van der Waals surface area contributed by atoms with Crippen molar-refractivity contribution in [1.29, 1.82) is 0 Å². The largest absolute Gasteiger partial charge is 0.356 e. The molecule has 3 aromatic heterocycles. The van der Waals surface area contributed by atoms with E-state index < -0.39 is 0 Å². The van der Waals surface area contributed by atoms with Gasteiger partial charge in [-0.15, -0.1) is 0 Å². The molecular weight excluding hydrogens is 478 g/mol. The van der Waals surface area contributed by atoms with Gasteiger partial charge >= 0.3 is 0 Å². The Morgan fingerprint density at radius 2 is 1.84 bits per heavy atom. The molecule has 0 spiro atoms. The number of pyridine rings is 1. The molecule has 0 aliphatic carbocycles. The summed E-state index contributed by atoms with van der Waals surface area (Å²) in [6.45, 7) is 9.34. The maximum Gasteiger partial charge on any atom is 0.250 e. The van der Waals surface area contributed by atoms with Crippen molar-refractivity contribution in [3.8, 4) is 0 Å². The van der Waals surface area contributed by atoms with E-state index in [0.717, 1.165) is 73.3 Å². The van der Waals surface area contributed by atoms with E-state index in [1.807, 2.05) is 13.1 Å². The first kappa shape index (κ1) is 25.0. The van der Waals surface area contributed by atoms with Crippen LogP contribution >= 0.6 is 0 Å². The predicted molar refractivity (Wildman–Crippen MR) is 149 cm³/mol. The van der Waals surface area contributed by atoms with Crippen molar-refractivity contribution in [2.75, 3.05) is 24.6 Å². The van der Waals surface area contributed by atoms with Crippen molar-refractivity contribution in [3.05, 3.63) is 58.6 Å². The molecule has 2 saturated heterocycles. The van der Waals surface area contributed by atoms with Gasteiger partial charge in [-0.25, -0.2) is 4.68 Å². The van der Waals surface area contributed by atoms with Crippen LogP contribution in [0.2, 0.25) is 0 Å². The third kappa shape index (κ3) is 4.27. The summed E-state index contributed by atoms with van der Waals surface area (Å²) in [6.07, 6.45) is 7.54. The van der Waals surface area contributed by atoms with Crippen LogP contribution in [0.15, 0.2) is 47.5 Å². The average molecular weight is 516 g/mol. The molecule has 9 heteroatoms. The molecule has 2 aliphatic heterocycles. The first-order valence-electron chi connectivity index (χ1n) is 13.9. The van der Waals surface area contributed by atoms with Gasteiger partial charge in [0, 0.05) is 63.3 Å². The molecule has 4 aromatic rings. The fourth-order valence-electron chi connectivity index (χ4n) is 6.25. The van der Waals surface area contributed by atoms with Crippen molar-refractivity contribution in [2.45, 2.75) is 70.8 Å². The van der Waals surface area contributed by atoms with Crippen LogP contribution in [0, 0.1) is 0 Å². The molecule has 9 nitrogen and oxygen atoms in total. The lowest BCUT2D eigenvalue weighted by Gasteiger charge is -2.48. The number of ether oxygens (including phenoxy) is 1. The first-order valence-corrected chi connectivity index (χ1v) is 13.9. The molecule has 0 N–H and O–H groups in total. The highest BCUT2D eigenvalue weighted by atomic mass is 16.5. The smallest absolute Gasteiger partial charge is 0.250 e. The molecule has 6 rings (SSSR count). The summed E-state index contributed by atoms with van der Waals surface area (Å²) in [6, 6.07) is 10.7. The van der Waals surface area contributed by atoms with Crippen LogP contribution < -0.4 is 10.5 Å². The zero-order valence-electron chi connectivity index (χ0n) is 22.7. The zero-order valence-corrected chi connectivity index (χ0v) is 22.7. The monoisotopic (exact) mass is 515 g/mol. The molecule has 2 aliphatic rings. The van der Waals surface area contributed by atoms with Gasteiger partial charge in [-0.05, 0) is 63.3 Å². The molecule has 1 aromatic carbocycles. The fourth-order valence-corrected chi connectivity index (χ4v) is 6.25. The molecule has 0 amide bonds. The van der Waals surface area contributed by atoms with Gasteiger partial charge in [-0.1, -0.05) is 13.0 Å². The van der Waals surface area contributed by atoms with Crippen LogP contribution in [-0.2, 0) is 11.8 Å². The third-order valence-corrected chi connectivity index (χ3v) is 8.47. The number of rotatable bonds is 5. The molecule has 0 saturated carbocycles. The molecule has 200 valence electrons. The molecule has 38 heavy (non-hydrogen) atoms. The second kappa shape index (κ2) is 10.1. The Bertz CT molecular complexity index is 1510. The predicted octanol–water partition coefficient (Wildman–Crippen LogP) is 4.43. The highest BCUT2D eigenvalue weighted by Crippen LogP contribution is 2.37. The minimum Gasteiger partial charge on any atom is -0.356 e. The maximum atomic E-state index is 12.7. The summed E-state index contributed by atoms with van der Waals surface area (Å²) >= 11 is 0. The van der Waals surface area contributed by atoms with E-state index in [-0.39, 0.29) is 23.9 Å². The Hall–Kier alpha value is -3.30. The fraction of sp³-hybridized carbons (Fsp3) is 0.517. The van der Waals surface area contributed by atoms with E-state index in [2.05, 4.69) is 63.4 Å².